The van der Waals surface area contributed by atoms with E-state index in [0.717, 1.165) is 38.9 Å². The van der Waals surface area contributed by atoms with Gasteiger partial charge in [0.05, 0.1) is 4.90 Å². The van der Waals surface area contributed by atoms with Crippen molar-refractivity contribution in [3.8, 4) is 0 Å². The Morgan fingerprint density at radius 1 is 1.13 bits per heavy atom. The van der Waals surface area contributed by atoms with Crippen molar-refractivity contribution in [2.45, 2.75) is 63.8 Å². The molecule has 2 heterocycles. The molecule has 0 aliphatic carbocycles. The number of sulfonamides is 1. The Bertz CT molecular complexity index is 809. The average Bonchev–Trinajstić information content (AvgIpc) is 2.72. The number of amides is 1. The standard InChI is InChI=1S/C23H37N3O3S/c1-4-5-11-25-12-9-21(10-13-25)24-23(27)20-7-6-8-22(15-20)30(28,29)26-16-18(2)14-19(3)17-26/h6-8,15,18-19,21H,4-5,9-14,16-17H2,1-3H3,(H,24,27). The van der Waals surface area contributed by atoms with Crippen molar-refractivity contribution in [2.24, 2.45) is 11.8 Å². The normalized spacial score (nSPS) is 24.6. The van der Waals surface area contributed by atoms with Gasteiger partial charge in [0.1, 0.15) is 0 Å². The highest BCUT2D eigenvalue weighted by atomic mass is 32.2. The van der Waals surface area contributed by atoms with E-state index in [1.54, 1.807) is 22.5 Å². The molecule has 6 nitrogen and oxygen atoms in total. The first-order valence-corrected chi connectivity index (χ1v) is 12.9. The fourth-order valence-electron chi connectivity index (χ4n) is 4.70. The summed E-state index contributed by atoms with van der Waals surface area (Å²) in [5, 5.41) is 3.11. The van der Waals surface area contributed by atoms with Crippen LogP contribution in [-0.4, -0.2) is 62.3 Å². The van der Waals surface area contributed by atoms with E-state index in [2.05, 4.69) is 31.0 Å². The van der Waals surface area contributed by atoms with Crippen LogP contribution in [0.4, 0.5) is 0 Å². The third-order valence-corrected chi connectivity index (χ3v) is 8.15. The lowest BCUT2D eigenvalue weighted by Gasteiger charge is -2.34. The van der Waals surface area contributed by atoms with Gasteiger partial charge in [-0.15, -0.1) is 0 Å². The van der Waals surface area contributed by atoms with E-state index in [4.69, 9.17) is 0 Å². The molecular formula is C23H37N3O3S. The zero-order valence-electron chi connectivity index (χ0n) is 18.6. The van der Waals surface area contributed by atoms with Gasteiger partial charge >= 0.3 is 0 Å². The van der Waals surface area contributed by atoms with E-state index in [9.17, 15) is 13.2 Å². The number of hydrogen-bond acceptors (Lipinski definition) is 4. The third-order valence-electron chi connectivity index (χ3n) is 6.32. The van der Waals surface area contributed by atoms with Crippen LogP contribution in [0.25, 0.3) is 0 Å². The number of benzene rings is 1. The molecule has 7 heteroatoms. The van der Waals surface area contributed by atoms with E-state index in [1.807, 2.05) is 0 Å². The van der Waals surface area contributed by atoms with Crippen LogP contribution in [0.15, 0.2) is 29.2 Å². The van der Waals surface area contributed by atoms with Crippen LogP contribution in [-0.2, 0) is 10.0 Å². The molecule has 0 bridgehead atoms. The summed E-state index contributed by atoms with van der Waals surface area (Å²) in [7, 11) is -3.59. The molecule has 2 unspecified atom stereocenters. The van der Waals surface area contributed by atoms with E-state index in [1.165, 1.54) is 18.9 Å². The molecule has 0 saturated carbocycles. The summed E-state index contributed by atoms with van der Waals surface area (Å²) in [6.45, 7) is 10.6. The second-order valence-electron chi connectivity index (χ2n) is 9.24. The Labute approximate surface area is 182 Å². The number of carbonyl (C=O) groups is 1. The molecule has 0 radical (unpaired) electrons. The van der Waals surface area contributed by atoms with Crippen LogP contribution in [0.2, 0.25) is 0 Å². The summed E-state index contributed by atoms with van der Waals surface area (Å²) in [6.07, 6.45) is 5.34. The number of nitrogens with zero attached hydrogens (tertiary/aromatic N) is 2. The van der Waals surface area contributed by atoms with Crippen LogP contribution < -0.4 is 5.32 Å². The molecule has 2 saturated heterocycles. The van der Waals surface area contributed by atoms with Gasteiger partial charge in [-0.1, -0.05) is 33.3 Å². The number of unbranched alkanes of at least 4 members (excludes halogenated alkanes) is 1. The Kier molecular flexibility index (Phi) is 7.93. The number of nitrogens with one attached hydrogen (secondary N) is 1. The molecule has 2 fully saturated rings. The topological polar surface area (TPSA) is 69.7 Å². The van der Waals surface area contributed by atoms with Gasteiger partial charge < -0.3 is 10.2 Å². The Morgan fingerprint density at radius 3 is 2.43 bits per heavy atom. The van der Waals surface area contributed by atoms with Gasteiger partial charge in [-0.2, -0.15) is 4.31 Å². The van der Waals surface area contributed by atoms with Gasteiger partial charge in [0.25, 0.3) is 5.91 Å². The van der Waals surface area contributed by atoms with Gasteiger partial charge in [-0.05, 0) is 62.3 Å². The summed E-state index contributed by atoms with van der Waals surface area (Å²) >= 11 is 0. The van der Waals surface area contributed by atoms with Crippen molar-refractivity contribution in [3.63, 3.8) is 0 Å². The van der Waals surface area contributed by atoms with Crippen LogP contribution >= 0.6 is 0 Å². The summed E-state index contributed by atoms with van der Waals surface area (Å²) in [5.74, 6) is 0.510. The van der Waals surface area contributed by atoms with Gasteiger partial charge in [-0.25, -0.2) is 8.42 Å². The maximum absolute atomic E-state index is 13.2. The molecule has 168 valence electrons. The smallest absolute Gasteiger partial charge is 0.251 e. The van der Waals surface area contributed by atoms with Crippen molar-refractivity contribution < 1.29 is 13.2 Å². The second-order valence-corrected chi connectivity index (χ2v) is 11.2. The molecule has 0 aromatic heterocycles. The highest BCUT2D eigenvalue weighted by Crippen LogP contribution is 2.27. The number of carbonyl (C=O) groups excluding carboxylic acids is 1. The molecule has 1 N–H and O–H groups in total. The molecule has 2 atom stereocenters. The predicted molar refractivity (Wildman–Crippen MR) is 120 cm³/mol. The Balaban J connectivity index is 1.63. The van der Waals surface area contributed by atoms with Crippen molar-refractivity contribution >= 4 is 15.9 Å². The first-order valence-electron chi connectivity index (χ1n) is 11.4. The highest BCUT2D eigenvalue weighted by Gasteiger charge is 2.32. The second kappa shape index (κ2) is 10.2. The zero-order chi connectivity index (χ0) is 21.7. The molecule has 30 heavy (non-hydrogen) atoms. The fraction of sp³-hybridized carbons (Fsp3) is 0.696. The van der Waals surface area contributed by atoms with Crippen LogP contribution in [0.5, 0.6) is 0 Å². The summed E-state index contributed by atoms with van der Waals surface area (Å²) < 4.78 is 27.9. The van der Waals surface area contributed by atoms with Gasteiger partial charge in [0.15, 0.2) is 0 Å². The Morgan fingerprint density at radius 2 is 1.80 bits per heavy atom. The molecule has 3 rings (SSSR count). The minimum Gasteiger partial charge on any atom is -0.349 e. The molecule has 1 amide bonds. The van der Waals surface area contributed by atoms with Crippen molar-refractivity contribution in [2.75, 3.05) is 32.7 Å². The SMILES string of the molecule is CCCCN1CCC(NC(=O)c2cccc(S(=O)(=O)N3CC(C)CC(C)C3)c2)CC1. The predicted octanol–water partition coefficient (Wildman–Crippen LogP) is 3.35. The van der Waals surface area contributed by atoms with E-state index < -0.39 is 10.0 Å². The number of hydrogen-bond donors (Lipinski definition) is 1. The van der Waals surface area contributed by atoms with E-state index in [-0.39, 0.29) is 16.8 Å². The van der Waals surface area contributed by atoms with Crippen LogP contribution in [0.1, 0.15) is 63.2 Å². The fourth-order valence-corrected chi connectivity index (χ4v) is 6.43. The maximum atomic E-state index is 13.2. The van der Waals surface area contributed by atoms with Crippen LogP contribution in [0.3, 0.4) is 0 Å². The molecule has 1 aromatic carbocycles. The summed E-state index contributed by atoms with van der Waals surface area (Å²) in [6, 6.07) is 6.66. The summed E-state index contributed by atoms with van der Waals surface area (Å²) in [4.78, 5) is 15.5. The maximum Gasteiger partial charge on any atom is 0.251 e. The zero-order valence-corrected chi connectivity index (χ0v) is 19.5. The van der Waals surface area contributed by atoms with Crippen molar-refractivity contribution in [3.05, 3.63) is 29.8 Å². The van der Waals surface area contributed by atoms with Gasteiger partial charge in [0, 0.05) is 37.8 Å². The summed E-state index contributed by atoms with van der Waals surface area (Å²) in [5.41, 5.74) is 0.419. The third kappa shape index (κ3) is 5.83. The lowest BCUT2D eigenvalue weighted by molar-refractivity contribution is 0.0910. The first-order chi connectivity index (χ1) is 14.3. The minimum atomic E-state index is -3.59. The largest absolute Gasteiger partial charge is 0.349 e. The molecular weight excluding hydrogens is 398 g/mol. The highest BCUT2D eigenvalue weighted by molar-refractivity contribution is 7.89. The molecule has 2 aliphatic rings. The average molecular weight is 436 g/mol. The number of piperidine rings is 2. The van der Waals surface area contributed by atoms with E-state index in [0.29, 0.717) is 30.5 Å². The molecule has 1 aromatic rings. The first kappa shape index (κ1) is 23.2. The minimum absolute atomic E-state index is 0.152. The molecule has 2 aliphatic heterocycles. The monoisotopic (exact) mass is 435 g/mol. The van der Waals surface area contributed by atoms with Crippen molar-refractivity contribution in [1.82, 2.24) is 14.5 Å². The van der Waals surface area contributed by atoms with Gasteiger partial charge in [-0.3, -0.25) is 4.79 Å². The molecule has 0 spiro atoms. The Hall–Kier alpha value is -1.44. The van der Waals surface area contributed by atoms with Crippen molar-refractivity contribution in [1.29, 1.82) is 0 Å². The number of rotatable bonds is 7. The van der Waals surface area contributed by atoms with E-state index >= 15 is 0 Å². The quantitative estimate of drug-likeness (QED) is 0.713. The lowest BCUT2D eigenvalue weighted by atomic mass is 9.94. The van der Waals surface area contributed by atoms with Crippen LogP contribution in [0, 0.1) is 11.8 Å². The van der Waals surface area contributed by atoms with Gasteiger partial charge in [0.2, 0.25) is 10.0 Å². The lowest BCUT2D eigenvalue weighted by Crippen LogP contribution is -2.45. The number of likely N-dealkylation sites (tertiary alicyclic amines) is 1.